The third-order valence-corrected chi connectivity index (χ3v) is 3.63. The highest BCUT2D eigenvalue weighted by atomic mass is 79.9. The van der Waals surface area contributed by atoms with E-state index in [9.17, 15) is 18.4 Å². The summed E-state index contributed by atoms with van der Waals surface area (Å²) in [5.41, 5.74) is -0.374. The number of rotatable bonds is 5. The lowest BCUT2D eigenvalue weighted by Crippen LogP contribution is -2.46. The maximum atomic E-state index is 13.6. The van der Waals surface area contributed by atoms with Crippen LogP contribution >= 0.6 is 15.9 Å². The van der Waals surface area contributed by atoms with E-state index >= 15 is 0 Å². The number of carbonyl (C=O) groups is 2. The Bertz CT molecular complexity index is 554. The molecule has 21 heavy (non-hydrogen) atoms. The molecular formula is C13H15BrF2N2O3. The summed E-state index contributed by atoms with van der Waals surface area (Å²) < 4.78 is 26.8. The Kier molecular flexibility index (Phi) is 6.07. The van der Waals surface area contributed by atoms with E-state index in [0.717, 1.165) is 12.1 Å². The molecule has 0 saturated heterocycles. The van der Waals surface area contributed by atoms with Gasteiger partial charge < -0.3 is 15.7 Å². The first-order chi connectivity index (χ1) is 9.76. The summed E-state index contributed by atoms with van der Waals surface area (Å²) in [6.45, 7) is 3.45. The van der Waals surface area contributed by atoms with Crippen molar-refractivity contribution >= 4 is 33.6 Å². The standard InChI is InChI=1S/C13H15BrF2N2O3/c1-3-6(2)11(12(19)20)18-13(21)17-10-5-8(15)7(14)4-9(10)16/h4-6,11H,3H2,1-2H3,(H,19,20)(H2,17,18,21)/t6-,11-/m0/s1. The number of aliphatic carboxylic acids is 1. The van der Waals surface area contributed by atoms with E-state index in [0.29, 0.717) is 6.42 Å². The molecule has 0 unspecified atom stereocenters. The predicted octanol–water partition coefficient (Wildman–Crippen LogP) is 3.35. The van der Waals surface area contributed by atoms with Crippen LogP contribution in [0.15, 0.2) is 16.6 Å². The van der Waals surface area contributed by atoms with Gasteiger partial charge in [0.1, 0.15) is 17.7 Å². The van der Waals surface area contributed by atoms with Crippen molar-refractivity contribution in [3.63, 3.8) is 0 Å². The quantitative estimate of drug-likeness (QED) is 0.701. The van der Waals surface area contributed by atoms with Crippen LogP contribution in [0.1, 0.15) is 20.3 Å². The summed E-state index contributed by atoms with van der Waals surface area (Å²) in [5.74, 6) is -3.08. The second-order valence-corrected chi connectivity index (χ2v) is 5.40. The van der Waals surface area contributed by atoms with E-state index in [1.54, 1.807) is 13.8 Å². The number of halogens is 3. The number of hydrogen-bond donors (Lipinski definition) is 3. The van der Waals surface area contributed by atoms with E-state index in [2.05, 4.69) is 26.6 Å². The van der Waals surface area contributed by atoms with Crippen molar-refractivity contribution < 1.29 is 23.5 Å². The fourth-order valence-electron chi connectivity index (χ4n) is 1.60. The minimum Gasteiger partial charge on any atom is -0.480 e. The smallest absolute Gasteiger partial charge is 0.326 e. The summed E-state index contributed by atoms with van der Waals surface area (Å²) in [4.78, 5) is 22.8. The molecule has 0 radical (unpaired) electrons. The molecule has 1 aromatic rings. The van der Waals surface area contributed by atoms with Gasteiger partial charge in [0.2, 0.25) is 0 Å². The SMILES string of the molecule is CC[C@H](C)[C@H](NC(=O)Nc1cc(F)c(Br)cc1F)C(=O)O. The number of carboxylic acids is 1. The first kappa shape index (κ1) is 17.4. The maximum Gasteiger partial charge on any atom is 0.326 e. The Morgan fingerprint density at radius 2 is 1.95 bits per heavy atom. The summed E-state index contributed by atoms with van der Waals surface area (Å²) in [6, 6.07) is -0.353. The summed E-state index contributed by atoms with van der Waals surface area (Å²) in [6.07, 6.45) is 0.540. The molecule has 2 amide bonds. The minimum absolute atomic E-state index is 0.0750. The lowest BCUT2D eigenvalue weighted by atomic mass is 9.99. The molecule has 116 valence electrons. The monoisotopic (exact) mass is 364 g/mol. The van der Waals surface area contributed by atoms with Gasteiger partial charge in [0.15, 0.2) is 0 Å². The van der Waals surface area contributed by atoms with Gasteiger partial charge in [-0.2, -0.15) is 0 Å². The van der Waals surface area contributed by atoms with Gasteiger partial charge in [-0.25, -0.2) is 18.4 Å². The number of hydrogen-bond acceptors (Lipinski definition) is 2. The zero-order valence-corrected chi connectivity index (χ0v) is 13.0. The molecule has 8 heteroatoms. The number of anilines is 1. The molecule has 0 spiro atoms. The Labute approximate surface area is 128 Å². The highest BCUT2D eigenvalue weighted by Gasteiger charge is 2.25. The van der Waals surface area contributed by atoms with Gasteiger partial charge in [0, 0.05) is 6.07 Å². The van der Waals surface area contributed by atoms with Gasteiger partial charge in [-0.05, 0) is 27.9 Å². The number of carbonyl (C=O) groups excluding carboxylic acids is 1. The third kappa shape index (κ3) is 4.66. The van der Waals surface area contributed by atoms with Crippen molar-refractivity contribution in [2.24, 2.45) is 5.92 Å². The number of urea groups is 1. The van der Waals surface area contributed by atoms with Crippen LogP contribution < -0.4 is 10.6 Å². The van der Waals surface area contributed by atoms with Gasteiger partial charge >= 0.3 is 12.0 Å². The van der Waals surface area contributed by atoms with Crippen molar-refractivity contribution in [1.29, 1.82) is 0 Å². The van der Waals surface area contributed by atoms with Crippen LogP contribution in [0.2, 0.25) is 0 Å². The van der Waals surface area contributed by atoms with Crippen LogP contribution in [-0.4, -0.2) is 23.1 Å². The second-order valence-electron chi connectivity index (χ2n) is 4.55. The van der Waals surface area contributed by atoms with E-state index in [1.165, 1.54) is 0 Å². The predicted molar refractivity (Wildman–Crippen MR) is 77.1 cm³/mol. The Hall–Kier alpha value is -1.70. The molecular weight excluding hydrogens is 350 g/mol. The first-order valence-electron chi connectivity index (χ1n) is 6.21. The zero-order chi connectivity index (χ0) is 16.2. The van der Waals surface area contributed by atoms with Crippen LogP contribution in [0.3, 0.4) is 0 Å². The van der Waals surface area contributed by atoms with Crippen molar-refractivity contribution in [2.45, 2.75) is 26.3 Å². The average molecular weight is 365 g/mol. The molecule has 0 aliphatic heterocycles. The van der Waals surface area contributed by atoms with Crippen LogP contribution in [0.5, 0.6) is 0 Å². The lowest BCUT2D eigenvalue weighted by Gasteiger charge is -2.20. The molecule has 0 aliphatic rings. The second kappa shape index (κ2) is 7.35. The molecule has 2 atom stereocenters. The highest BCUT2D eigenvalue weighted by molar-refractivity contribution is 9.10. The van der Waals surface area contributed by atoms with E-state index in [1.807, 2.05) is 0 Å². The fourth-order valence-corrected chi connectivity index (χ4v) is 1.92. The maximum absolute atomic E-state index is 13.6. The summed E-state index contributed by atoms with van der Waals surface area (Å²) in [5, 5.41) is 13.4. The minimum atomic E-state index is -1.19. The van der Waals surface area contributed by atoms with Gasteiger partial charge in [0.25, 0.3) is 0 Å². The molecule has 0 bridgehead atoms. The van der Waals surface area contributed by atoms with E-state index < -0.39 is 29.7 Å². The summed E-state index contributed by atoms with van der Waals surface area (Å²) in [7, 11) is 0. The lowest BCUT2D eigenvalue weighted by molar-refractivity contribution is -0.140. The van der Waals surface area contributed by atoms with Crippen molar-refractivity contribution in [3.05, 3.63) is 28.2 Å². The highest BCUT2D eigenvalue weighted by Crippen LogP contribution is 2.23. The molecule has 1 aromatic carbocycles. The first-order valence-corrected chi connectivity index (χ1v) is 7.00. The molecule has 0 aromatic heterocycles. The molecule has 0 aliphatic carbocycles. The number of carboxylic acid groups (broad SMARTS) is 1. The Balaban J connectivity index is 2.81. The molecule has 0 saturated carbocycles. The third-order valence-electron chi connectivity index (χ3n) is 3.02. The molecule has 0 fully saturated rings. The number of amides is 2. The summed E-state index contributed by atoms with van der Waals surface area (Å²) >= 11 is 2.81. The molecule has 3 N–H and O–H groups in total. The van der Waals surface area contributed by atoms with Crippen LogP contribution in [-0.2, 0) is 4.79 Å². The van der Waals surface area contributed by atoms with E-state index in [4.69, 9.17) is 5.11 Å². The topological polar surface area (TPSA) is 78.4 Å². The van der Waals surface area contributed by atoms with Crippen LogP contribution in [0.25, 0.3) is 0 Å². The van der Waals surface area contributed by atoms with E-state index in [-0.39, 0.29) is 16.1 Å². The fraction of sp³-hybridized carbons (Fsp3) is 0.385. The molecule has 1 rings (SSSR count). The normalized spacial score (nSPS) is 13.4. The Morgan fingerprint density at radius 1 is 1.33 bits per heavy atom. The van der Waals surface area contributed by atoms with Crippen molar-refractivity contribution in [2.75, 3.05) is 5.32 Å². The van der Waals surface area contributed by atoms with Gasteiger partial charge in [-0.15, -0.1) is 0 Å². The van der Waals surface area contributed by atoms with Gasteiger partial charge in [-0.1, -0.05) is 20.3 Å². The van der Waals surface area contributed by atoms with Crippen LogP contribution in [0.4, 0.5) is 19.3 Å². The van der Waals surface area contributed by atoms with Gasteiger partial charge in [0.05, 0.1) is 10.2 Å². The zero-order valence-electron chi connectivity index (χ0n) is 11.4. The Morgan fingerprint density at radius 3 is 2.48 bits per heavy atom. The average Bonchev–Trinajstić information content (AvgIpc) is 2.41. The van der Waals surface area contributed by atoms with Crippen molar-refractivity contribution in [1.82, 2.24) is 5.32 Å². The van der Waals surface area contributed by atoms with Crippen LogP contribution in [0, 0.1) is 17.6 Å². The molecule has 5 nitrogen and oxygen atoms in total. The molecule has 0 heterocycles. The largest absolute Gasteiger partial charge is 0.480 e. The number of benzene rings is 1. The number of nitrogens with one attached hydrogen (secondary N) is 2. The van der Waals surface area contributed by atoms with Crippen molar-refractivity contribution in [3.8, 4) is 0 Å². The van der Waals surface area contributed by atoms with Gasteiger partial charge in [-0.3, -0.25) is 0 Å².